The number of pyridine rings is 2. The fourth-order valence-corrected chi connectivity index (χ4v) is 4.41. The lowest BCUT2D eigenvalue weighted by atomic mass is 9.85. The Morgan fingerprint density at radius 3 is 2.78 bits per heavy atom. The summed E-state index contributed by atoms with van der Waals surface area (Å²) < 4.78 is 5.53. The second-order valence-corrected chi connectivity index (χ2v) is 8.73. The molecule has 3 aromatic rings. The number of nitrogens with zero attached hydrogens (tertiary/aromatic N) is 5. The molecule has 0 radical (unpaired) electrons. The van der Waals surface area contributed by atoms with E-state index < -0.39 is 0 Å². The number of carbonyl (C=O) groups excluding carboxylic acids is 1. The van der Waals surface area contributed by atoms with Gasteiger partial charge in [0.05, 0.1) is 23.2 Å². The molecule has 1 saturated heterocycles. The highest BCUT2D eigenvalue weighted by Gasteiger charge is 2.30. The first-order chi connectivity index (χ1) is 15.7. The molecule has 0 aromatic carbocycles. The molecule has 3 aromatic heterocycles. The Hall–Kier alpha value is -3.29. The number of carbonyl (C=O) groups is 1. The van der Waals surface area contributed by atoms with Crippen LogP contribution in [0.25, 0.3) is 11.4 Å². The average Bonchev–Trinajstić information content (AvgIpc) is 3.28. The van der Waals surface area contributed by atoms with Gasteiger partial charge < -0.3 is 14.7 Å². The van der Waals surface area contributed by atoms with Crippen molar-refractivity contribution in [1.82, 2.24) is 25.4 Å². The Labute approximate surface area is 187 Å². The van der Waals surface area contributed by atoms with Crippen molar-refractivity contribution in [2.45, 2.75) is 51.0 Å². The molecule has 0 spiro atoms. The summed E-state index contributed by atoms with van der Waals surface area (Å²) in [5.41, 5.74) is 1.71. The molecule has 32 heavy (non-hydrogen) atoms. The normalized spacial score (nSPS) is 19.9. The van der Waals surface area contributed by atoms with E-state index in [0.717, 1.165) is 55.2 Å². The van der Waals surface area contributed by atoms with Gasteiger partial charge in [-0.15, -0.1) is 0 Å². The van der Waals surface area contributed by atoms with Crippen molar-refractivity contribution >= 4 is 11.7 Å². The number of nitrogens with one attached hydrogen (secondary N) is 1. The van der Waals surface area contributed by atoms with Crippen molar-refractivity contribution in [3.8, 4) is 11.4 Å². The first-order valence-corrected chi connectivity index (χ1v) is 11.4. The third-order valence-corrected chi connectivity index (χ3v) is 6.51. The number of hydrogen-bond donors (Lipinski definition) is 1. The Morgan fingerprint density at radius 1 is 1.12 bits per heavy atom. The van der Waals surface area contributed by atoms with E-state index in [4.69, 9.17) is 4.52 Å². The van der Waals surface area contributed by atoms with Gasteiger partial charge in [0, 0.05) is 31.4 Å². The molecule has 1 saturated carbocycles. The molecule has 1 N–H and O–H groups in total. The molecule has 4 heterocycles. The molecular weight excluding hydrogens is 404 g/mol. The zero-order valence-corrected chi connectivity index (χ0v) is 18.3. The third kappa shape index (κ3) is 4.22. The third-order valence-electron chi connectivity index (χ3n) is 6.51. The highest BCUT2D eigenvalue weighted by Crippen LogP contribution is 2.37. The van der Waals surface area contributed by atoms with Gasteiger partial charge in [-0.2, -0.15) is 4.98 Å². The lowest BCUT2D eigenvalue weighted by Gasteiger charge is -2.34. The van der Waals surface area contributed by atoms with Gasteiger partial charge >= 0.3 is 0 Å². The van der Waals surface area contributed by atoms with Crippen LogP contribution < -0.4 is 10.2 Å². The molecule has 8 nitrogen and oxygen atoms in total. The maximum atomic E-state index is 13.0. The monoisotopic (exact) mass is 432 g/mol. The van der Waals surface area contributed by atoms with E-state index >= 15 is 0 Å². The molecule has 1 amide bonds. The van der Waals surface area contributed by atoms with Crippen LogP contribution in [0.5, 0.6) is 0 Å². The van der Waals surface area contributed by atoms with Crippen molar-refractivity contribution in [3.05, 3.63) is 54.3 Å². The molecular formula is C24H28N6O2. The van der Waals surface area contributed by atoms with Crippen LogP contribution in [0.2, 0.25) is 0 Å². The van der Waals surface area contributed by atoms with Gasteiger partial charge in [-0.05, 0) is 56.9 Å². The summed E-state index contributed by atoms with van der Waals surface area (Å²) in [6.07, 6.45) is 8.74. The first kappa shape index (κ1) is 20.6. The summed E-state index contributed by atoms with van der Waals surface area (Å²) in [5.74, 6) is 2.44. The number of aromatic nitrogens is 4. The van der Waals surface area contributed by atoms with E-state index in [-0.39, 0.29) is 17.9 Å². The Bertz CT molecular complexity index is 1070. The van der Waals surface area contributed by atoms with Gasteiger partial charge in [0.15, 0.2) is 0 Å². The van der Waals surface area contributed by atoms with Crippen molar-refractivity contribution in [2.75, 3.05) is 18.0 Å². The highest BCUT2D eigenvalue weighted by atomic mass is 16.5. The summed E-state index contributed by atoms with van der Waals surface area (Å²) in [7, 11) is 0. The van der Waals surface area contributed by atoms with E-state index in [2.05, 4.69) is 30.3 Å². The van der Waals surface area contributed by atoms with Crippen LogP contribution in [-0.4, -0.2) is 39.1 Å². The predicted molar refractivity (Wildman–Crippen MR) is 120 cm³/mol. The number of anilines is 1. The zero-order valence-electron chi connectivity index (χ0n) is 18.3. The largest absolute Gasteiger partial charge is 0.355 e. The number of rotatable bonds is 6. The molecule has 2 atom stereocenters. The van der Waals surface area contributed by atoms with E-state index in [9.17, 15) is 4.79 Å². The summed E-state index contributed by atoms with van der Waals surface area (Å²) in [5, 5.41) is 7.36. The van der Waals surface area contributed by atoms with Gasteiger partial charge in [-0.3, -0.25) is 9.78 Å². The number of hydrogen-bond acceptors (Lipinski definition) is 7. The number of piperidine rings is 1. The van der Waals surface area contributed by atoms with Crippen molar-refractivity contribution in [2.24, 2.45) is 5.92 Å². The highest BCUT2D eigenvalue weighted by molar-refractivity contribution is 5.80. The quantitative estimate of drug-likeness (QED) is 0.631. The standard InChI is InChI=1S/C24H28N6O2/c1-16(20-11-2-3-12-25-20)27-23(31)18-9-6-14-30(15-18)22-19(10-5-13-26-22)21-28-24(32-29-21)17-7-4-8-17/h2-3,5,10-13,16-18H,4,6-9,14-15H2,1H3,(H,27,31)/t16-,18-/m1/s1. The zero-order chi connectivity index (χ0) is 21.9. The van der Waals surface area contributed by atoms with Crippen molar-refractivity contribution in [1.29, 1.82) is 0 Å². The van der Waals surface area contributed by atoms with E-state index in [1.807, 2.05) is 37.3 Å². The van der Waals surface area contributed by atoms with Gasteiger partial charge in [0.1, 0.15) is 5.82 Å². The van der Waals surface area contributed by atoms with Crippen molar-refractivity contribution in [3.63, 3.8) is 0 Å². The topological polar surface area (TPSA) is 97.0 Å². The van der Waals surface area contributed by atoms with Crippen LogP contribution >= 0.6 is 0 Å². The minimum absolute atomic E-state index is 0.0529. The van der Waals surface area contributed by atoms with Gasteiger partial charge in [-0.25, -0.2) is 4.98 Å². The van der Waals surface area contributed by atoms with E-state index in [1.165, 1.54) is 6.42 Å². The van der Waals surface area contributed by atoms with Crippen LogP contribution in [0, 0.1) is 5.92 Å². The smallest absolute Gasteiger partial charge is 0.230 e. The van der Waals surface area contributed by atoms with Crippen LogP contribution in [-0.2, 0) is 4.79 Å². The summed E-state index contributed by atoms with van der Waals surface area (Å²) in [6, 6.07) is 9.48. The van der Waals surface area contributed by atoms with Crippen LogP contribution in [0.3, 0.4) is 0 Å². The lowest BCUT2D eigenvalue weighted by molar-refractivity contribution is -0.125. The Kier molecular flexibility index (Phi) is 5.83. The van der Waals surface area contributed by atoms with E-state index in [0.29, 0.717) is 18.3 Å². The maximum Gasteiger partial charge on any atom is 0.230 e. The van der Waals surface area contributed by atoms with Gasteiger partial charge in [-0.1, -0.05) is 17.6 Å². The number of amides is 1. The van der Waals surface area contributed by atoms with Gasteiger partial charge in [0.25, 0.3) is 0 Å². The second kappa shape index (κ2) is 9.06. The first-order valence-electron chi connectivity index (χ1n) is 11.4. The maximum absolute atomic E-state index is 13.0. The van der Waals surface area contributed by atoms with Gasteiger partial charge in [0.2, 0.25) is 17.6 Å². The van der Waals surface area contributed by atoms with Crippen LogP contribution in [0.15, 0.2) is 47.2 Å². The summed E-state index contributed by atoms with van der Waals surface area (Å²) in [6.45, 7) is 3.42. The molecule has 0 unspecified atom stereocenters. The minimum atomic E-state index is -0.131. The Balaban J connectivity index is 1.30. The predicted octanol–water partition coefficient (Wildman–Crippen LogP) is 3.89. The molecule has 1 aliphatic carbocycles. The minimum Gasteiger partial charge on any atom is -0.355 e. The molecule has 2 fully saturated rings. The molecule has 0 bridgehead atoms. The average molecular weight is 433 g/mol. The van der Waals surface area contributed by atoms with E-state index in [1.54, 1.807) is 12.4 Å². The van der Waals surface area contributed by atoms with Crippen LogP contribution in [0.4, 0.5) is 5.82 Å². The molecule has 2 aliphatic rings. The second-order valence-electron chi connectivity index (χ2n) is 8.73. The summed E-state index contributed by atoms with van der Waals surface area (Å²) >= 11 is 0. The molecule has 166 valence electrons. The molecule has 5 rings (SSSR count). The molecule has 1 aliphatic heterocycles. The van der Waals surface area contributed by atoms with Crippen molar-refractivity contribution < 1.29 is 9.32 Å². The Morgan fingerprint density at radius 2 is 2.00 bits per heavy atom. The van der Waals surface area contributed by atoms with Crippen LogP contribution in [0.1, 0.15) is 62.6 Å². The summed E-state index contributed by atoms with van der Waals surface area (Å²) in [4.78, 5) is 28.8. The fraction of sp³-hybridized carbons (Fsp3) is 0.458. The molecule has 8 heteroatoms. The lowest BCUT2D eigenvalue weighted by Crippen LogP contribution is -2.44. The fourth-order valence-electron chi connectivity index (χ4n) is 4.41. The SMILES string of the molecule is C[C@@H](NC(=O)[C@@H]1CCCN(c2ncccc2-c2noc(C3CCC3)n2)C1)c1ccccn1.